The number of fused-ring (bicyclic) bond motifs is 1. The Kier molecular flexibility index (Phi) is 2.48. The normalized spacial score (nSPS) is 19.4. The second-order valence-corrected chi connectivity index (χ2v) is 5.82. The summed E-state index contributed by atoms with van der Waals surface area (Å²) in [6.07, 6.45) is 0. The van der Waals surface area contributed by atoms with Crippen LogP contribution in [0.5, 0.6) is 0 Å². The van der Waals surface area contributed by atoms with Gasteiger partial charge in [-0.05, 0) is 30.0 Å². The Morgan fingerprint density at radius 2 is 2.14 bits per heavy atom. The minimum absolute atomic E-state index is 0.386. The van der Waals surface area contributed by atoms with Crippen molar-refractivity contribution in [2.24, 2.45) is 5.41 Å². The van der Waals surface area contributed by atoms with Crippen molar-refractivity contribution in [2.45, 2.75) is 25.7 Å². The first-order valence-corrected chi connectivity index (χ1v) is 6.03. The van der Waals surface area contributed by atoms with Crippen LogP contribution in [0.2, 0.25) is 0 Å². The molecule has 0 aromatic heterocycles. The molecule has 2 heteroatoms. The standard InChI is InChI=1S/C12H17NS/c1-9-4-5-10-11(6-9)14-8-12(2,3)7-13-10/h4-6,13H,7-8H2,1-3H3. The van der Waals surface area contributed by atoms with Crippen LogP contribution in [0.1, 0.15) is 19.4 Å². The summed E-state index contributed by atoms with van der Waals surface area (Å²) >= 11 is 1.97. The van der Waals surface area contributed by atoms with Gasteiger partial charge in [-0.2, -0.15) is 0 Å². The maximum absolute atomic E-state index is 3.52. The summed E-state index contributed by atoms with van der Waals surface area (Å²) in [5.41, 5.74) is 3.03. The number of rotatable bonds is 0. The van der Waals surface area contributed by atoms with E-state index in [1.807, 2.05) is 11.8 Å². The first kappa shape index (κ1) is 9.91. The van der Waals surface area contributed by atoms with Gasteiger partial charge in [-0.1, -0.05) is 19.9 Å². The molecular formula is C12H17NS. The lowest BCUT2D eigenvalue weighted by Crippen LogP contribution is -2.23. The van der Waals surface area contributed by atoms with Crippen LogP contribution in [0.15, 0.2) is 23.1 Å². The Labute approximate surface area is 90.3 Å². The highest BCUT2D eigenvalue weighted by atomic mass is 32.2. The summed E-state index contributed by atoms with van der Waals surface area (Å²) in [5.74, 6) is 1.19. The molecule has 0 fully saturated rings. The summed E-state index contributed by atoms with van der Waals surface area (Å²) < 4.78 is 0. The van der Waals surface area contributed by atoms with Gasteiger partial charge < -0.3 is 5.32 Å². The van der Waals surface area contributed by atoms with Gasteiger partial charge in [-0.25, -0.2) is 0 Å². The molecule has 0 radical (unpaired) electrons. The van der Waals surface area contributed by atoms with Gasteiger partial charge in [0, 0.05) is 22.9 Å². The lowest BCUT2D eigenvalue weighted by Gasteiger charge is -2.21. The number of aryl methyl sites for hydroxylation is 1. The van der Waals surface area contributed by atoms with Crippen LogP contribution in [0.4, 0.5) is 5.69 Å². The molecule has 1 heterocycles. The van der Waals surface area contributed by atoms with Gasteiger partial charge in [0.05, 0.1) is 0 Å². The molecule has 1 aliphatic heterocycles. The Morgan fingerprint density at radius 3 is 2.93 bits per heavy atom. The van der Waals surface area contributed by atoms with Crippen LogP contribution < -0.4 is 5.32 Å². The SMILES string of the molecule is Cc1ccc2c(c1)SCC(C)(C)CN2. The van der Waals surface area contributed by atoms with Gasteiger partial charge in [-0.3, -0.25) is 0 Å². The van der Waals surface area contributed by atoms with E-state index in [4.69, 9.17) is 0 Å². The van der Waals surface area contributed by atoms with Gasteiger partial charge in [0.2, 0.25) is 0 Å². The lowest BCUT2D eigenvalue weighted by molar-refractivity contribution is 0.456. The minimum Gasteiger partial charge on any atom is -0.384 e. The lowest BCUT2D eigenvalue weighted by atomic mass is 9.96. The number of anilines is 1. The van der Waals surface area contributed by atoms with Crippen LogP contribution in [0.25, 0.3) is 0 Å². The Bertz CT molecular complexity index is 344. The number of hydrogen-bond acceptors (Lipinski definition) is 2. The molecule has 0 saturated carbocycles. The third kappa shape index (κ3) is 2.06. The van der Waals surface area contributed by atoms with Crippen molar-refractivity contribution in [1.82, 2.24) is 0 Å². The highest BCUT2D eigenvalue weighted by Gasteiger charge is 2.22. The predicted molar refractivity (Wildman–Crippen MR) is 64.2 cm³/mol. The van der Waals surface area contributed by atoms with Gasteiger partial charge >= 0.3 is 0 Å². The van der Waals surface area contributed by atoms with E-state index in [1.165, 1.54) is 21.9 Å². The van der Waals surface area contributed by atoms with Gasteiger partial charge in [-0.15, -0.1) is 11.8 Å². The molecule has 1 nitrogen and oxygen atoms in total. The first-order chi connectivity index (χ1) is 6.57. The molecule has 1 N–H and O–H groups in total. The molecule has 2 rings (SSSR count). The van der Waals surface area contributed by atoms with Crippen molar-refractivity contribution in [3.63, 3.8) is 0 Å². The average Bonchev–Trinajstić information content (AvgIpc) is 2.26. The maximum atomic E-state index is 3.52. The minimum atomic E-state index is 0.386. The van der Waals surface area contributed by atoms with Crippen molar-refractivity contribution < 1.29 is 0 Å². The fourth-order valence-corrected chi connectivity index (χ4v) is 2.77. The zero-order chi connectivity index (χ0) is 10.2. The maximum Gasteiger partial charge on any atom is 0.0478 e. The fourth-order valence-electron chi connectivity index (χ4n) is 1.55. The van der Waals surface area contributed by atoms with E-state index in [-0.39, 0.29) is 0 Å². The summed E-state index contributed by atoms with van der Waals surface area (Å²) in [7, 11) is 0. The molecule has 1 aromatic carbocycles. The van der Waals surface area contributed by atoms with E-state index >= 15 is 0 Å². The Morgan fingerprint density at radius 1 is 1.36 bits per heavy atom. The monoisotopic (exact) mass is 207 g/mol. The van der Waals surface area contributed by atoms with Gasteiger partial charge in [0.1, 0.15) is 0 Å². The molecule has 1 aromatic rings. The number of benzene rings is 1. The van der Waals surface area contributed by atoms with Crippen molar-refractivity contribution in [2.75, 3.05) is 17.6 Å². The third-order valence-electron chi connectivity index (χ3n) is 2.51. The fraction of sp³-hybridized carbons (Fsp3) is 0.500. The van der Waals surface area contributed by atoms with E-state index in [2.05, 4.69) is 44.3 Å². The van der Waals surface area contributed by atoms with Crippen LogP contribution in [0.3, 0.4) is 0 Å². The molecular weight excluding hydrogens is 190 g/mol. The van der Waals surface area contributed by atoms with E-state index in [1.54, 1.807) is 0 Å². The second kappa shape index (κ2) is 3.50. The van der Waals surface area contributed by atoms with Crippen molar-refractivity contribution in [1.29, 1.82) is 0 Å². The van der Waals surface area contributed by atoms with E-state index in [9.17, 15) is 0 Å². The van der Waals surface area contributed by atoms with Crippen molar-refractivity contribution in [3.8, 4) is 0 Å². The number of thioether (sulfide) groups is 1. The molecule has 0 unspecified atom stereocenters. The summed E-state index contributed by atoms with van der Waals surface area (Å²) in [6.45, 7) is 7.84. The number of hydrogen-bond donors (Lipinski definition) is 1. The largest absolute Gasteiger partial charge is 0.384 e. The molecule has 1 aliphatic rings. The van der Waals surface area contributed by atoms with Crippen molar-refractivity contribution >= 4 is 17.4 Å². The molecule has 0 aliphatic carbocycles. The third-order valence-corrected chi connectivity index (χ3v) is 4.09. The van der Waals surface area contributed by atoms with E-state index in [0.29, 0.717) is 5.41 Å². The van der Waals surface area contributed by atoms with Crippen molar-refractivity contribution in [3.05, 3.63) is 23.8 Å². The van der Waals surface area contributed by atoms with Crippen LogP contribution in [0, 0.1) is 12.3 Å². The Balaban J connectivity index is 2.30. The van der Waals surface area contributed by atoms with E-state index < -0.39 is 0 Å². The highest BCUT2D eigenvalue weighted by molar-refractivity contribution is 7.99. The highest BCUT2D eigenvalue weighted by Crippen LogP contribution is 2.36. The summed E-state index contributed by atoms with van der Waals surface area (Å²) in [5, 5.41) is 3.52. The van der Waals surface area contributed by atoms with E-state index in [0.717, 1.165) is 6.54 Å². The summed E-state index contributed by atoms with van der Waals surface area (Å²) in [4.78, 5) is 1.40. The first-order valence-electron chi connectivity index (χ1n) is 5.04. The van der Waals surface area contributed by atoms with Gasteiger partial charge in [0.25, 0.3) is 0 Å². The Hall–Kier alpha value is -0.630. The zero-order valence-electron chi connectivity index (χ0n) is 9.05. The molecule has 0 atom stereocenters. The van der Waals surface area contributed by atoms with Crippen LogP contribution >= 0.6 is 11.8 Å². The van der Waals surface area contributed by atoms with Crippen LogP contribution in [-0.4, -0.2) is 12.3 Å². The second-order valence-electron chi connectivity index (χ2n) is 4.81. The molecule has 0 bridgehead atoms. The molecule has 0 spiro atoms. The average molecular weight is 207 g/mol. The summed E-state index contributed by atoms with van der Waals surface area (Å²) in [6, 6.07) is 6.64. The predicted octanol–water partition coefficient (Wildman–Crippen LogP) is 3.54. The van der Waals surface area contributed by atoms with Crippen LogP contribution in [-0.2, 0) is 0 Å². The molecule has 76 valence electrons. The number of nitrogens with one attached hydrogen (secondary N) is 1. The quantitative estimate of drug-likeness (QED) is 0.698. The topological polar surface area (TPSA) is 12.0 Å². The molecule has 14 heavy (non-hydrogen) atoms. The molecule has 0 amide bonds. The zero-order valence-corrected chi connectivity index (χ0v) is 9.87. The molecule has 0 saturated heterocycles. The van der Waals surface area contributed by atoms with Gasteiger partial charge in [0.15, 0.2) is 0 Å². The smallest absolute Gasteiger partial charge is 0.0478 e.